The van der Waals surface area contributed by atoms with Crippen molar-refractivity contribution in [2.24, 2.45) is 0 Å². The van der Waals surface area contributed by atoms with E-state index in [4.69, 9.17) is 9.47 Å². The van der Waals surface area contributed by atoms with E-state index >= 15 is 0 Å². The van der Waals surface area contributed by atoms with E-state index in [-0.39, 0.29) is 17.7 Å². The molecule has 0 saturated heterocycles. The zero-order valence-electron chi connectivity index (χ0n) is 11.0. The van der Waals surface area contributed by atoms with Gasteiger partial charge in [0.25, 0.3) is 0 Å². The van der Waals surface area contributed by atoms with Crippen molar-refractivity contribution in [1.82, 2.24) is 0 Å². The molecule has 0 aromatic heterocycles. The van der Waals surface area contributed by atoms with E-state index in [1.54, 1.807) is 0 Å². The number of ether oxygens (including phenoxy) is 2. The van der Waals surface area contributed by atoms with Crippen molar-refractivity contribution in [2.45, 2.75) is 44.3 Å². The van der Waals surface area contributed by atoms with E-state index < -0.39 is 0 Å². The van der Waals surface area contributed by atoms with Gasteiger partial charge < -0.3 is 9.47 Å². The number of methoxy groups -OCH3 is 1. The minimum atomic E-state index is -0.303. The number of hydrogen-bond donors (Lipinski definition) is 0. The molecule has 1 aliphatic rings. The van der Waals surface area contributed by atoms with Gasteiger partial charge in [0.2, 0.25) is 0 Å². The van der Waals surface area contributed by atoms with Gasteiger partial charge in [0.15, 0.2) is 0 Å². The molecule has 1 aromatic rings. The Hall–Kier alpha value is -1.35. The summed E-state index contributed by atoms with van der Waals surface area (Å²) < 4.78 is 10.9. The third kappa shape index (κ3) is 2.91. The molecule has 18 heavy (non-hydrogen) atoms. The van der Waals surface area contributed by atoms with Crippen LogP contribution < -0.4 is 0 Å². The summed E-state index contributed by atoms with van der Waals surface area (Å²) >= 11 is 0. The van der Waals surface area contributed by atoms with Crippen molar-refractivity contribution >= 4 is 5.97 Å². The van der Waals surface area contributed by atoms with Gasteiger partial charge in [-0.2, -0.15) is 0 Å². The first-order valence-electron chi connectivity index (χ1n) is 6.45. The first kappa shape index (κ1) is 13.1. The molecule has 1 unspecified atom stereocenters. The van der Waals surface area contributed by atoms with E-state index in [0.717, 1.165) is 24.8 Å². The Labute approximate surface area is 108 Å². The van der Waals surface area contributed by atoms with Crippen LogP contribution in [0.1, 0.15) is 44.3 Å². The Kier molecular flexibility index (Phi) is 4.02. The summed E-state index contributed by atoms with van der Waals surface area (Å²) in [5.41, 5.74) is 0.844. The Morgan fingerprint density at radius 3 is 2.50 bits per heavy atom. The molecule has 1 fully saturated rings. The standard InChI is InChI=1S/C15H20O3/c1-12(13-7-4-3-5-8-13)18-15(9-6-10-15)11-14(16)17-2/h3-5,7-8,12H,6,9-11H2,1-2H3. The molecule has 0 spiro atoms. The fourth-order valence-corrected chi connectivity index (χ4v) is 2.41. The SMILES string of the molecule is COC(=O)CC1(OC(C)c2ccccc2)CCC1. The van der Waals surface area contributed by atoms with Gasteiger partial charge in [-0.15, -0.1) is 0 Å². The zero-order chi connectivity index (χ0) is 13.0. The summed E-state index contributed by atoms with van der Waals surface area (Å²) in [5, 5.41) is 0. The van der Waals surface area contributed by atoms with Crippen molar-refractivity contribution in [3.8, 4) is 0 Å². The Balaban J connectivity index is 2.00. The van der Waals surface area contributed by atoms with Crippen molar-refractivity contribution in [3.63, 3.8) is 0 Å². The third-order valence-electron chi connectivity index (χ3n) is 3.65. The van der Waals surface area contributed by atoms with Crippen LogP contribution in [0.4, 0.5) is 0 Å². The normalized spacial score (nSPS) is 18.8. The van der Waals surface area contributed by atoms with E-state index in [9.17, 15) is 4.79 Å². The minimum absolute atomic E-state index is 0.0103. The van der Waals surface area contributed by atoms with Crippen molar-refractivity contribution < 1.29 is 14.3 Å². The molecule has 2 rings (SSSR count). The van der Waals surface area contributed by atoms with Gasteiger partial charge in [-0.25, -0.2) is 0 Å². The molecular weight excluding hydrogens is 228 g/mol. The summed E-state index contributed by atoms with van der Waals surface area (Å²) in [6, 6.07) is 10.1. The third-order valence-corrected chi connectivity index (χ3v) is 3.65. The first-order chi connectivity index (χ1) is 8.65. The van der Waals surface area contributed by atoms with Gasteiger partial charge in [0.05, 0.1) is 25.2 Å². The van der Waals surface area contributed by atoms with Gasteiger partial charge in [-0.1, -0.05) is 30.3 Å². The maximum atomic E-state index is 11.4. The van der Waals surface area contributed by atoms with E-state index in [2.05, 4.69) is 12.1 Å². The lowest BCUT2D eigenvalue weighted by Gasteiger charge is -2.42. The first-order valence-corrected chi connectivity index (χ1v) is 6.45. The molecular formula is C15H20O3. The highest BCUT2D eigenvalue weighted by Gasteiger charge is 2.41. The Morgan fingerprint density at radius 1 is 1.33 bits per heavy atom. The summed E-state index contributed by atoms with van der Waals surface area (Å²) in [4.78, 5) is 11.4. The van der Waals surface area contributed by atoms with Crippen LogP contribution in [0.25, 0.3) is 0 Å². The highest BCUT2D eigenvalue weighted by atomic mass is 16.5. The van der Waals surface area contributed by atoms with Gasteiger partial charge >= 0.3 is 5.97 Å². The largest absolute Gasteiger partial charge is 0.469 e. The van der Waals surface area contributed by atoms with E-state index in [1.165, 1.54) is 7.11 Å². The molecule has 0 amide bonds. The predicted octanol–water partition coefficient (Wildman–Crippen LogP) is 3.25. The Morgan fingerprint density at radius 2 is 2.00 bits per heavy atom. The molecule has 0 radical (unpaired) electrons. The maximum absolute atomic E-state index is 11.4. The summed E-state index contributed by atoms with van der Waals surface area (Å²) in [5.74, 6) is -0.185. The number of benzene rings is 1. The van der Waals surface area contributed by atoms with Crippen LogP contribution in [0, 0.1) is 0 Å². The molecule has 3 nitrogen and oxygen atoms in total. The van der Waals surface area contributed by atoms with Crippen molar-refractivity contribution in [2.75, 3.05) is 7.11 Å². The second-order valence-corrected chi connectivity index (χ2v) is 4.96. The zero-order valence-corrected chi connectivity index (χ0v) is 11.0. The van der Waals surface area contributed by atoms with Crippen LogP contribution in [0.5, 0.6) is 0 Å². The van der Waals surface area contributed by atoms with Gasteiger partial charge in [0.1, 0.15) is 0 Å². The van der Waals surface area contributed by atoms with Crippen LogP contribution >= 0.6 is 0 Å². The van der Waals surface area contributed by atoms with Crippen LogP contribution in [0.2, 0.25) is 0 Å². The lowest BCUT2D eigenvalue weighted by Crippen LogP contribution is -2.43. The lowest BCUT2D eigenvalue weighted by atomic mass is 9.77. The van der Waals surface area contributed by atoms with Crippen molar-refractivity contribution in [3.05, 3.63) is 35.9 Å². The number of rotatable bonds is 5. The summed E-state index contributed by atoms with van der Waals surface area (Å²) in [7, 11) is 1.43. The molecule has 1 aromatic carbocycles. The minimum Gasteiger partial charge on any atom is -0.469 e. The van der Waals surface area contributed by atoms with E-state index in [1.807, 2.05) is 25.1 Å². The number of esters is 1. The molecule has 3 heteroatoms. The average Bonchev–Trinajstić information content (AvgIpc) is 2.36. The summed E-state index contributed by atoms with van der Waals surface area (Å²) in [6.45, 7) is 2.03. The molecule has 1 saturated carbocycles. The molecule has 1 aliphatic carbocycles. The maximum Gasteiger partial charge on any atom is 0.308 e. The molecule has 0 heterocycles. The quantitative estimate of drug-likeness (QED) is 0.750. The number of carbonyl (C=O) groups excluding carboxylic acids is 1. The van der Waals surface area contributed by atoms with Crippen LogP contribution in [0.15, 0.2) is 30.3 Å². The van der Waals surface area contributed by atoms with Crippen molar-refractivity contribution in [1.29, 1.82) is 0 Å². The van der Waals surface area contributed by atoms with Gasteiger partial charge in [-0.3, -0.25) is 4.79 Å². The molecule has 0 N–H and O–H groups in total. The average molecular weight is 248 g/mol. The fourth-order valence-electron chi connectivity index (χ4n) is 2.41. The highest BCUT2D eigenvalue weighted by Crippen LogP contribution is 2.42. The van der Waals surface area contributed by atoms with Crippen LogP contribution in [0.3, 0.4) is 0 Å². The second kappa shape index (κ2) is 5.53. The molecule has 1 atom stereocenters. The van der Waals surface area contributed by atoms with Crippen LogP contribution in [-0.4, -0.2) is 18.7 Å². The number of hydrogen-bond acceptors (Lipinski definition) is 3. The van der Waals surface area contributed by atoms with Crippen LogP contribution in [-0.2, 0) is 14.3 Å². The van der Waals surface area contributed by atoms with E-state index in [0.29, 0.717) is 6.42 Å². The second-order valence-electron chi connectivity index (χ2n) is 4.96. The van der Waals surface area contributed by atoms with Gasteiger partial charge in [0, 0.05) is 0 Å². The Bertz CT molecular complexity index is 395. The predicted molar refractivity (Wildman–Crippen MR) is 69.2 cm³/mol. The fraction of sp³-hybridized carbons (Fsp3) is 0.533. The summed E-state index contributed by atoms with van der Waals surface area (Å²) in [6.07, 6.45) is 3.38. The molecule has 0 aliphatic heterocycles. The van der Waals surface area contributed by atoms with Gasteiger partial charge in [-0.05, 0) is 31.7 Å². The smallest absolute Gasteiger partial charge is 0.308 e. The monoisotopic (exact) mass is 248 g/mol. The molecule has 98 valence electrons. The number of carbonyl (C=O) groups is 1. The highest BCUT2D eigenvalue weighted by molar-refractivity contribution is 5.70. The lowest BCUT2D eigenvalue weighted by molar-refractivity contribution is -0.167. The topological polar surface area (TPSA) is 35.5 Å². The molecule has 0 bridgehead atoms.